The normalized spacial score (nSPS) is 18.2. The van der Waals surface area contributed by atoms with E-state index in [1.807, 2.05) is 39.0 Å². The maximum absolute atomic E-state index is 12.2. The molecule has 1 aromatic carbocycles. The minimum Gasteiger partial charge on any atom is -0.489 e. The van der Waals surface area contributed by atoms with Crippen LogP contribution in [0.3, 0.4) is 0 Å². The molecular weight excluding hydrogens is 338 g/mol. The molecule has 0 aliphatic carbocycles. The van der Waals surface area contributed by atoms with Crippen molar-refractivity contribution in [2.45, 2.75) is 32.5 Å². The van der Waals surface area contributed by atoms with E-state index < -0.39 is 5.60 Å². The van der Waals surface area contributed by atoms with E-state index in [2.05, 4.69) is 4.98 Å². The number of aromatic amines is 1. The molecule has 1 amide bonds. The SMILES string of the molecule is Cn1c(=O)[nH]c2cccc(OC[C@H]3CN(C(=O)OC(C)(C)C)CCO3)c21. The fourth-order valence-corrected chi connectivity index (χ4v) is 2.88. The van der Waals surface area contributed by atoms with Crippen molar-refractivity contribution in [2.24, 2.45) is 7.05 Å². The van der Waals surface area contributed by atoms with E-state index in [9.17, 15) is 9.59 Å². The zero-order valence-corrected chi connectivity index (χ0v) is 15.6. The predicted molar refractivity (Wildman–Crippen MR) is 96.6 cm³/mol. The molecule has 1 aromatic heterocycles. The van der Waals surface area contributed by atoms with Crippen molar-refractivity contribution < 1.29 is 19.0 Å². The number of H-pyrrole nitrogens is 1. The van der Waals surface area contributed by atoms with Gasteiger partial charge in [0.15, 0.2) is 0 Å². The summed E-state index contributed by atoms with van der Waals surface area (Å²) in [6.07, 6.45) is -0.608. The van der Waals surface area contributed by atoms with Gasteiger partial charge in [0.1, 0.15) is 29.6 Å². The fraction of sp³-hybridized carbons (Fsp3) is 0.556. The smallest absolute Gasteiger partial charge is 0.410 e. The van der Waals surface area contributed by atoms with E-state index >= 15 is 0 Å². The van der Waals surface area contributed by atoms with Gasteiger partial charge in [-0.3, -0.25) is 4.57 Å². The Balaban J connectivity index is 1.65. The summed E-state index contributed by atoms with van der Waals surface area (Å²) in [7, 11) is 1.69. The van der Waals surface area contributed by atoms with Crippen LogP contribution in [0.15, 0.2) is 23.0 Å². The molecule has 8 heteroatoms. The van der Waals surface area contributed by atoms with Crippen molar-refractivity contribution in [1.29, 1.82) is 0 Å². The van der Waals surface area contributed by atoms with Gasteiger partial charge in [0.05, 0.1) is 18.7 Å². The third kappa shape index (κ3) is 4.01. The molecule has 0 spiro atoms. The number of fused-ring (bicyclic) bond motifs is 1. The standard InChI is InChI=1S/C18H25N3O5/c1-18(2,3)26-17(23)21-8-9-24-12(10-21)11-25-14-7-5-6-13-15(14)20(4)16(22)19-13/h5-7,12H,8-11H2,1-4H3,(H,19,22)/t12-/m1/s1. The number of para-hydroxylation sites is 1. The fourth-order valence-electron chi connectivity index (χ4n) is 2.88. The van der Waals surface area contributed by atoms with Crippen molar-refractivity contribution in [2.75, 3.05) is 26.3 Å². The summed E-state index contributed by atoms with van der Waals surface area (Å²) in [5, 5.41) is 0. The maximum atomic E-state index is 12.2. The van der Waals surface area contributed by atoms with E-state index in [-0.39, 0.29) is 24.5 Å². The lowest BCUT2D eigenvalue weighted by Gasteiger charge is -2.34. The summed E-state index contributed by atoms with van der Waals surface area (Å²) < 4.78 is 18.5. The third-order valence-electron chi connectivity index (χ3n) is 4.10. The molecule has 26 heavy (non-hydrogen) atoms. The van der Waals surface area contributed by atoms with Gasteiger partial charge in [-0.25, -0.2) is 9.59 Å². The largest absolute Gasteiger partial charge is 0.489 e. The van der Waals surface area contributed by atoms with Crippen LogP contribution >= 0.6 is 0 Å². The Labute approximate surface area is 151 Å². The zero-order valence-electron chi connectivity index (χ0n) is 15.6. The number of morpholine rings is 1. The highest BCUT2D eigenvalue weighted by Gasteiger charge is 2.28. The van der Waals surface area contributed by atoms with Crippen LogP contribution in [0.4, 0.5) is 4.79 Å². The molecule has 1 aliphatic rings. The van der Waals surface area contributed by atoms with Gasteiger partial charge in [-0.2, -0.15) is 0 Å². The monoisotopic (exact) mass is 363 g/mol. The summed E-state index contributed by atoms with van der Waals surface area (Å²) in [5.74, 6) is 0.598. The first-order valence-corrected chi connectivity index (χ1v) is 8.64. The van der Waals surface area contributed by atoms with Crippen LogP contribution in [0.5, 0.6) is 5.75 Å². The van der Waals surface area contributed by atoms with Gasteiger partial charge < -0.3 is 24.1 Å². The number of hydrogen-bond acceptors (Lipinski definition) is 5. The average molecular weight is 363 g/mol. The van der Waals surface area contributed by atoms with Gasteiger partial charge in [-0.1, -0.05) is 6.07 Å². The second-order valence-electron chi connectivity index (χ2n) is 7.37. The molecule has 0 saturated carbocycles. The number of hydrogen-bond donors (Lipinski definition) is 1. The van der Waals surface area contributed by atoms with Crippen LogP contribution < -0.4 is 10.4 Å². The molecule has 3 rings (SSSR count). The zero-order chi connectivity index (χ0) is 18.9. The summed E-state index contributed by atoms with van der Waals surface area (Å²) in [6.45, 7) is 7.12. The molecule has 2 heterocycles. The maximum Gasteiger partial charge on any atom is 0.410 e. The number of rotatable bonds is 3. The lowest BCUT2D eigenvalue weighted by atomic mass is 10.2. The highest BCUT2D eigenvalue weighted by molar-refractivity contribution is 5.81. The Bertz CT molecular complexity index is 849. The van der Waals surface area contributed by atoms with Gasteiger partial charge in [-0.15, -0.1) is 0 Å². The van der Waals surface area contributed by atoms with E-state index in [4.69, 9.17) is 14.2 Å². The van der Waals surface area contributed by atoms with E-state index in [0.29, 0.717) is 31.0 Å². The number of carbonyl (C=O) groups excluding carboxylic acids is 1. The van der Waals surface area contributed by atoms with Crippen molar-refractivity contribution in [3.05, 3.63) is 28.7 Å². The first-order chi connectivity index (χ1) is 12.2. The van der Waals surface area contributed by atoms with Crippen LogP contribution in [-0.2, 0) is 16.5 Å². The van der Waals surface area contributed by atoms with Gasteiger partial charge >= 0.3 is 11.8 Å². The Kier molecular flexibility index (Phi) is 4.95. The van der Waals surface area contributed by atoms with Gasteiger partial charge in [0.2, 0.25) is 0 Å². The minimum absolute atomic E-state index is 0.193. The predicted octanol–water partition coefficient (Wildman–Crippen LogP) is 1.88. The molecule has 1 aliphatic heterocycles. The van der Waals surface area contributed by atoms with Crippen LogP contribution in [0.1, 0.15) is 20.8 Å². The molecule has 0 bridgehead atoms. The summed E-state index contributed by atoms with van der Waals surface area (Å²) >= 11 is 0. The minimum atomic E-state index is -0.532. The topological polar surface area (TPSA) is 85.8 Å². The number of amides is 1. The second-order valence-corrected chi connectivity index (χ2v) is 7.37. The molecule has 0 unspecified atom stereocenters. The van der Waals surface area contributed by atoms with E-state index in [0.717, 1.165) is 5.52 Å². The summed E-state index contributed by atoms with van der Waals surface area (Å²) in [6, 6.07) is 5.46. The Morgan fingerprint density at radius 2 is 2.15 bits per heavy atom. The lowest BCUT2D eigenvalue weighted by Crippen LogP contribution is -2.49. The van der Waals surface area contributed by atoms with Crippen molar-refractivity contribution >= 4 is 17.1 Å². The number of ether oxygens (including phenoxy) is 3. The van der Waals surface area contributed by atoms with Gasteiger partial charge in [-0.05, 0) is 32.9 Å². The molecule has 0 radical (unpaired) electrons. The summed E-state index contributed by atoms with van der Waals surface area (Å²) in [5.41, 5.74) is 0.698. The number of carbonyl (C=O) groups is 1. The molecular formula is C18H25N3O5. The van der Waals surface area contributed by atoms with Gasteiger partial charge in [0, 0.05) is 13.6 Å². The molecule has 1 saturated heterocycles. The third-order valence-corrected chi connectivity index (χ3v) is 4.10. The van der Waals surface area contributed by atoms with Crippen LogP contribution in [0.2, 0.25) is 0 Å². The van der Waals surface area contributed by atoms with Crippen molar-refractivity contribution in [1.82, 2.24) is 14.5 Å². The first-order valence-electron chi connectivity index (χ1n) is 8.64. The average Bonchev–Trinajstić information content (AvgIpc) is 2.87. The molecule has 1 fully saturated rings. The van der Waals surface area contributed by atoms with Crippen molar-refractivity contribution in [3.8, 4) is 5.75 Å². The number of nitrogens with zero attached hydrogens (tertiary/aromatic N) is 2. The van der Waals surface area contributed by atoms with Crippen LogP contribution in [0.25, 0.3) is 11.0 Å². The Morgan fingerprint density at radius 1 is 1.38 bits per heavy atom. The quantitative estimate of drug-likeness (QED) is 0.900. The van der Waals surface area contributed by atoms with Crippen LogP contribution in [-0.4, -0.2) is 58.6 Å². The van der Waals surface area contributed by atoms with Crippen molar-refractivity contribution in [3.63, 3.8) is 0 Å². The Hall–Kier alpha value is -2.48. The van der Waals surface area contributed by atoms with Gasteiger partial charge in [0.25, 0.3) is 0 Å². The molecule has 1 N–H and O–H groups in total. The highest BCUT2D eigenvalue weighted by Crippen LogP contribution is 2.23. The van der Waals surface area contributed by atoms with E-state index in [1.165, 1.54) is 4.57 Å². The highest BCUT2D eigenvalue weighted by atomic mass is 16.6. The first kappa shape index (κ1) is 18.3. The number of aryl methyl sites for hydroxylation is 1. The summed E-state index contributed by atoms with van der Waals surface area (Å²) in [4.78, 5) is 28.4. The number of imidazole rings is 1. The number of aromatic nitrogens is 2. The molecule has 1 atom stereocenters. The Morgan fingerprint density at radius 3 is 2.88 bits per heavy atom. The molecule has 142 valence electrons. The number of nitrogens with one attached hydrogen (secondary N) is 1. The van der Waals surface area contributed by atoms with Crippen LogP contribution in [0, 0.1) is 0 Å². The van der Waals surface area contributed by atoms with E-state index in [1.54, 1.807) is 11.9 Å². The molecule has 2 aromatic rings. The molecule has 8 nitrogen and oxygen atoms in total. The number of benzene rings is 1. The lowest BCUT2D eigenvalue weighted by molar-refractivity contribution is -0.0555. The second kappa shape index (κ2) is 7.03.